The number of nitrogens with one attached hydrogen (secondary N) is 1. The van der Waals surface area contributed by atoms with Gasteiger partial charge in [0.15, 0.2) is 11.5 Å². The van der Waals surface area contributed by atoms with Gasteiger partial charge >= 0.3 is 0 Å². The molecule has 0 aliphatic carbocycles. The third-order valence-corrected chi connectivity index (χ3v) is 6.52. The Morgan fingerprint density at radius 2 is 2.03 bits per heavy atom. The minimum Gasteiger partial charge on any atom is -0.489 e. The van der Waals surface area contributed by atoms with E-state index in [1.54, 1.807) is 13.2 Å². The molecule has 1 amide bonds. The first-order valence-corrected chi connectivity index (χ1v) is 11.8. The van der Waals surface area contributed by atoms with Gasteiger partial charge in [0.1, 0.15) is 18.1 Å². The zero-order valence-corrected chi connectivity index (χ0v) is 20.4. The molecule has 5 rings (SSSR count). The molecule has 0 saturated heterocycles. The molecule has 0 radical (unpaired) electrons. The summed E-state index contributed by atoms with van der Waals surface area (Å²) in [6.07, 6.45) is 2.51. The van der Waals surface area contributed by atoms with Gasteiger partial charge in [0.05, 0.1) is 17.5 Å². The summed E-state index contributed by atoms with van der Waals surface area (Å²) in [5.41, 5.74) is 2.50. The van der Waals surface area contributed by atoms with Crippen molar-refractivity contribution < 1.29 is 19.0 Å². The molecule has 1 aromatic heterocycles. The number of carbonyl (C=O) groups excluding carboxylic acids is 1. The molecule has 2 heterocycles. The number of likely N-dealkylation sites (N-methyl/N-ethyl adjacent to an activating group) is 1. The van der Waals surface area contributed by atoms with Gasteiger partial charge in [-0.25, -0.2) is 0 Å². The Bertz CT molecular complexity index is 1420. The highest BCUT2D eigenvalue weighted by Gasteiger charge is 2.25. The van der Waals surface area contributed by atoms with E-state index in [-0.39, 0.29) is 11.9 Å². The normalized spacial score (nSPS) is 13.5. The first kappa shape index (κ1) is 22.9. The van der Waals surface area contributed by atoms with E-state index >= 15 is 0 Å². The molecule has 180 valence electrons. The molecular weight excluding hydrogens is 442 g/mol. The van der Waals surface area contributed by atoms with E-state index in [0.717, 1.165) is 45.2 Å². The van der Waals surface area contributed by atoms with Crippen molar-refractivity contribution >= 4 is 27.6 Å². The van der Waals surface area contributed by atoms with Gasteiger partial charge < -0.3 is 24.4 Å². The Morgan fingerprint density at radius 1 is 1.17 bits per heavy atom. The molecule has 0 bridgehead atoms. The highest BCUT2D eigenvalue weighted by atomic mass is 16.5. The number of benzene rings is 3. The first-order chi connectivity index (χ1) is 17.0. The number of hydrogen-bond donors (Lipinski definition) is 1. The van der Waals surface area contributed by atoms with E-state index in [9.17, 15) is 4.79 Å². The van der Waals surface area contributed by atoms with Crippen molar-refractivity contribution in [1.29, 1.82) is 0 Å². The van der Waals surface area contributed by atoms with E-state index in [0.29, 0.717) is 30.3 Å². The maximum absolute atomic E-state index is 12.2. The van der Waals surface area contributed by atoms with Gasteiger partial charge in [-0.1, -0.05) is 12.1 Å². The molecule has 3 aromatic carbocycles. The summed E-state index contributed by atoms with van der Waals surface area (Å²) in [7, 11) is 5.70. The zero-order valence-electron chi connectivity index (χ0n) is 20.4. The number of aromatic nitrogens is 1. The summed E-state index contributed by atoms with van der Waals surface area (Å²) >= 11 is 0. The number of hydrogen-bond acceptors (Lipinski definition) is 6. The maximum Gasteiger partial charge on any atom is 0.251 e. The zero-order chi connectivity index (χ0) is 24.5. The molecule has 1 N–H and O–H groups in total. The molecule has 1 aliphatic heterocycles. The van der Waals surface area contributed by atoms with Gasteiger partial charge in [-0.05, 0) is 62.1 Å². The van der Waals surface area contributed by atoms with Crippen LogP contribution >= 0.6 is 0 Å². The minimum absolute atomic E-state index is 0.113. The number of ether oxygens (including phenoxy) is 3. The molecule has 35 heavy (non-hydrogen) atoms. The van der Waals surface area contributed by atoms with E-state index in [1.165, 1.54) is 0 Å². The fraction of sp³-hybridized carbons (Fsp3) is 0.286. The summed E-state index contributed by atoms with van der Waals surface area (Å²) < 4.78 is 18.5. The average molecular weight is 472 g/mol. The fourth-order valence-electron chi connectivity index (χ4n) is 4.31. The lowest BCUT2D eigenvalue weighted by atomic mass is 10.0. The molecule has 0 unspecified atom stereocenters. The number of pyridine rings is 1. The van der Waals surface area contributed by atoms with Crippen LogP contribution in [-0.4, -0.2) is 56.2 Å². The lowest BCUT2D eigenvalue weighted by Crippen LogP contribution is -2.30. The first-order valence-electron chi connectivity index (χ1n) is 11.8. The summed E-state index contributed by atoms with van der Waals surface area (Å²) in [6, 6.07) is 15.5. The molecule has 7 nitrogen and oxygen atoms in total. The van der Waals surface area contributed by atoms with Crippen LogP contribution < -0.4 is 19.5 Å². The van der Waals surface area contributed by atoms with Crippen LogP contribution in [0.3, 0.4) is 0 Å². The summed E-state index contributed by atoms with van der Waals surface area (Å²) in [5, 5.41) is 5.44. The van der Waals surface area contributed by atoms with Crippen LogP contribution in [0.1, 0.15) is 22.8 Å². The SMILES string of the molecule is CNC(=O)c1cccc2cc(Oc3ccnc4cc(OC[C@H](C)N(C)C)c5c(c34)CCO5)ccc12. The van der Waals surface area contributed by atoms with Crippen LogP contribution in [0.2, 0.25) is 0 Å². The molecule has 0 fully saturated rings. The molecular formula is C28H29N3O4. The van der Waals surface area contributed by atoms with Gasteiger partial charge in [0.25, 0.3) is 5.91 Å². The molecule has 0 saturated carbocycles. The Kier molecular flexibility index (Phi) is 6.17. The van der Waals surface area contributed by atoms with Crippen molar-refractivity contribution in [2.45, 2.75) is 19.4 Å². The van der Waals surface area contributed by atoms with E-state index < -0.39 is 0 Å². The molecule has 1 atom stereocenters. The van der Waals surface area contributed by atoms with Gasteiger partial charge in [0, 0.05) is 42.9 Å². The van der Waals surface area contributed by atoms with Crippen LogP contribution in [0, 0.1) is 0 Å². The quantitative estimate of drug-likeness (QED) is 0.417. The third kappa shape index (κ3) is 4.35. The maximum atomic E-state index is 12.2. The average Bonchev–Trinajstić information content (AvgIpc) is 3.36. The largest absolute Gasteiger partial charge is 0.489 e. The van der Waals surface area contributed by atoms with Crippen LogP contribution in [0.5, 0.6) is 23.0 Å². The lowest BCUT2D eigenvalue weighted by molar-refractivity contribution is 0.0964. The number of amides is 1. The van der Waals surface area contributed by atoms with Crippen molar-refractivity contribution in [2.24, 2.45) is 0 Å². The van der Waals surface area contributed by atoms with Gasteiger partial charge in [-0.3, -0.25) is 9.78 Å². The summed E-state index contributed by atoms with van der Waals surface area (Å²) in [5.74, 6) is 2.78. The Balaban J connectivity index is 1.51. The summed E-state index contributed by atoms with van der Waals surface area (Å²) in [6.45, 7) is 3.27. The lowest BCUT2D eigenvalue weighted by Gasteiger charge is -2.21. The number of carbonyl (C=O) groups is 1. The van der Waals surface area contributed by atoms with E-state index in [2.05, 4.69) is 22.1 Å². The highest BCUT2D eigenvalue weighted by molar-refractivity contribution is 6.07. The van der Waals surface area contributed by atoms with E-state index in [4.69, 9.17) is 14.2 Å². The van der Waals surface area contributed by atoms with Crippen LogP contribution in [0.4, 0.5) is 0 Å². The number of fused-ring (bicyclic) bond motifs is 4. The van der Waals surface area contributed by atoms with Crippen molar-refractivity contribution in [3.05, 3.63) is 65.9 Å². The molecule has 7 heteroatoms. The number of nitrogens with zero attached hydrogens (tertiary/aromatic N) is 2. The summed E-state index contributed by atoms with van der Waals surface area (Å²) in [4.78, 5) is 19.0. The van der Waals surface area contributed by atoms with Crippen LogP contribution in [0.15, 0.2) is 54.7 Å². The van der Waals surface area contributed by atoms with Gasteiger partial charge in [-0.2, -0.15) is 0 Å². The Morgan fingerprint density at radius 3 is 2.83 bits per heavy atom. The predicted octanol–water partition coefficient (Wildman–Crippen LogP) is 4.80. The van der Waals surface area contributed by atoms with Crippen LogP contribution in [-0.2, 0) is 6.42 Å². The molecule has 4 aromatic rings. The second-order valence-corrected chi connectivity index (χ2v) is 8.98. The highest BCUT2D eigenvalue weighted by Crippen LogP contribution is 2.44. The molecule has 1 aliphatic rings. The van der Waals surface area contributed by atoms with Gasteiger partial charge in [0.2, 0.25) is 0 Å². The molecule has 0 spiro atoms. The van der Waals surface area contributed by atoms with Crippen LogP contribution in [0.25, 0.3) is 21.7 Å². The standard InChI is InChI=1S/C28H29N3O4/c1-17(31(3)4)16-34-25-15-23-26(22-11-13-33-27(22)25)24(10-12-30-23)35-19-8-9-20-18(14-19)6-5-7-21(20)28(32)29-2/h5-10,12,14-15,17H,11,13,16H2,1-4H3,(H,29,32)/t17-/m0/s1. The van der Waals surface area contributed by atoms with Crippen molar-refractivity contribution in [3.63, 3.8) is 0 Å². The monoisotopic (exact) mass is 471 g/mol. The topological polar surface area (TPSA) is 72.9 Å². The fourth-order valence-corrected chi connectivity index (χ4v) is 4.31. The second kappa shape index (κ2) is 9.43. The number of rotatable bonds is 7. The Labute approximate surface area is 204 Å². The van der Waals surface area contributed by atoms with Gasteiger partial charge in [-0.15, -0.1) is 0 Å². The van der Waals surface area contributed by atoms with Crippen molar-refractivity contribution in [1.82, 2.24) is 15.2 Å². The minimum atomic E-state index is -0.113. The van der Waals surface area contributed by atoms with Crippen molar-refractivity contribution in [3.8, 4) is 23.0 Å². The smallest absolute Gasteiger partial charge is 0.251 e. The van der Waals surface area contributed by atoms with E-state index in [1.807, 2.05) is 62.6 Å². The van der Waals surface area contributed by atoms with Crippen molar-refractivity contribution in [2.75, 3.05) is 34.4 Å². The predicted molar refractivity (Wildman–Crippen MR) is 137 cm³/mol. The third-order valence-electron chi connectivity index (χ3n) is 6.52. The Hall–Kier alpha value is -3.84. The second-order valence-electron chi connectivity index (χ2n) is 8.98.